The number of fused-ring (bicyclic) bond motifs is 1. The molecule has 3 aromatic rings. The molecule has 0 saturated carbocycles. The molecule has 0 aliphatic carbocycles. The van der Waals surface area contributed by atoms with Gasteiger partial charge in [-0.15, -0.1) is 0 Å². The van der Waals surface area contributed by atoms with E-state index in [4.69, 9.17) is 4.42 Å². The summed E-state index contributed by atoms with van der Waals surface area (Å²) < 4.78 is 7.48. The molecule has 0 spiro atoms. The maximum Gasteiger partial charge on any atom is 0.268 e. The summed E-state index contributed by atoms with van der Waals surface area (Å²) in [5, 5.41) is 2.98. The predicted octanol–water partition coefficient (Wildman–Crippen LogP) is 3.98. The Kier molecular flexibility index (Phi) is 4.24. The van der Waals surface area contributed by atoms with Crippen molar-refractivity contribution >= 4 is 17.0 Å². The lowest BCUT2D eigenvalue weighted by Gasteiger charge is -2.12. The fourth-order valence-electron chi connectivity index (χ4n) is 2.60. The van der Waals surface area contributed by atoms with Gasteiger partial charge in [0, 0.05) is 25.2 Å². The molecule has 0 unspecified atom stereocenters. The van der Waals surface area contributed by atoms with Crippen molar-refractivity contribution in [1.82, 2.24) is 9.88 Å². The number of hydrogen-bond donors (Lipinski definition) is 1. The number of amides is 1. The number of hydrogen-bond acceptors (Lipinski definition) is 2. The molecule has 0 radical (unpaired) electrons. The molecule has 0 aliphatic rings. The van der Waals surface area contributed by atoms with Crippen molar-refractivity contribution in [2.75, 3.05) is 6.54 Å². The third-order valence-electron chi connectivity index (χ3n) is 3.89. The van der Waals surface area contributed by atoms with E-state index in [2.05, 4.69) is 50.4 Å². The smallest absolute Gasteiger partial charge is 0.268 e. The molecule has 2 heterocycles. The SMILES string of the molecule is Cc1ccc(Cn2c(C(=O)NCC(C)C)cc3occc32)cc1. The van der Waals surface area contributed by atoms with Gasteiger partial charge in [0.1, 0.15) is 5.69 Å². The largest absolute Gasteiger partial charge is 0.463 e. The minimum atomic E-state index is -0.0581. The van der Waals surface area contributed by atoms with Crippen molar-refractivity contribution in [3.63, 3.8) is 0 Å². The Bertz CT molecular complexity index is 810. The number of carbonyl (C=O) groups is 1. The monoisotopic (exact) mass is 310 g/mol. The minimum absolute atomic E-state index is 0.0581. The van der Waals surface area contributed by atoms with Crippen molar-refractivity contribution in [2.24, 2.45) is 5.92 Å². The highest BCUT2D eigenvalue weighted by Gasteiger charge is 2.17. The van der Waals surface area contributed by atoms with Crippen LogP contribution in [0.4, 0.5) is 0 Å². The summed E-state index contributed by atoms with van der Waals surface area (Å²) in [5.41, 5.74) is 4.71. The number of benzene rings is 1. The number of rotatable bonds is 5. The van der Waals surface area contributed by atoms with Crippen molar-refractivity contribution in [2.45, 2.75) is 27.3 Å². The molecule has 1 N–H and O–H groups in total. The molecular weight excluding hydrogens is 288 g/mol. The predicted molar refractivity (Wildman–Crippen MR) is 91.7 cm³/mol. The van der Waals surface area contributed by atoms with Crippen molar-refractivity contribution in [3.05, 3.63) is 59.5 Å². The standard InChI is InChI=1S/C19H22N2O2/c1-13(2)11-20-19(22)17-10-18-16(8-9-23-18)21(17)12-15-6-4-14(3)5-7-15/h4-10,13H,11-12H2,1-3H3,(H,20,22). The summed E-state index contributed by atoms with van der Waals surface area (Å²) in [6, 6.07) is 12.1. The first-order valence-corrected chi connectivity index (χ1v) is 7.95. The lowest BCUT2D eigenvalue weighted by atomic mass is 10.1. The Morgan fingerprint density at radius 3 is 2.65 bits per heavy atom. The molecule has 0 bridgehead atoms. The van der Waals surface area contributed by atoms with E-state index in [1.54, 1.807) is 6.26 Å². The van der Waals surface area contributed by atoms with Crippen molar-refractivity contribution < 1.29 is 9.21 Å². The van der Waals surface area contributed by atoms with E-state index in [-0.39, 0.29) is 5.91 Å². The zero-order chi connectivity index (χ0) is 16.4. The topological polar surface area (TPSA) is 47.2 Å². The van der Waals surface area contributed by atoms with Crippen LogP contribution in [0.1, 0.15) is 35.5 Å². The molecule has 4 heteroatoms. The van der Waals surface area contributed by atoms with Crippen LogP contribution < -0.4 is 5.32 Å². The zero-order valence-corrected chi connectivity index (χ0v) is 13.8. The van der Waals surface area contributed by atoms with Crippen LogP contribution in [0.25, 0.3) is 11.1 Å². The molecule has 0 aliphatic heterocycles. The highest BCUT2D eigenvalue weighted by atomic mass is 16.3. The summed E-state index contributed by atoms with van der Waals surface area (Å²) in [5.74, 6) is 0.361. The quantitative estimate of drug-likeness (QED) is 0.775. The highest BCUT2D eigenvalue weighted by Crippen LogP contribution is 2.22. The molecular formula is C19H22N2O2. The van der Waals surface area contributed by atoms with E-state index in [0.29, 0.717) is 24.7 Å². The van der Waals surface area contributed by atoms with Gasteiger partial charge in [0.05, 0.1) is 11.8 Å². The van der Waals surface area contributed by atoms with Crippen LogP contribution in [0.15, 0.2) is 47.1 Å². The second-order valence-corrected chi connectivity index (χ2v) is 6.38. The van der Waals surface area contributed by atoms with Gasteiger partial charge in [-0.3, -0.25) is 4.79 Å². The normalized spacial score (nSPS) is 11.3. The van der Waals surface area contributed by atoms with Gasteiger partial charge in [0.2, 0.25) is 0 Å². The van der Waals surface area contributed by atoms with Crippen LogP contribution in [0.2, 0.25) is 0 Å². The van der Waals surface area contributed by atoms with E-state index < -0.39 is 0 Å². The summed E-state index contributed by atoms with van der Waals surface area (Å²) in [6.07, 6.45) is 1.66. The Morgan fingerprint density at radius 1 is 1.22 bits per heavy atom. The van der Waals surface area contributed by atoms with E-state index >= 15 is 0 Å². The summed E-state index contributed by atoms with van der Waals surface area (Å²) in [7, 11) is 0. The van der Waals surface area contributed by atoms with Crippen molar-refractivity contribution in [3.8, 4) is 0 Å². The van der Waals surface area contributed by atoms with E-state index in [1.165, 1.54) is 5.56 Å². The van der Waals surface area contributed by atoms with Crippen LogP contribution in [0.5, 0.6) is 0 Å². The van der Waals surface area contributed by atoms with E-state index in [9.17, 15) is 4.79 Å². The number of nitrogens with one attached hydrogen (secondary N) is 1. The van der Waals surface area contributed by atoms with Crippen LogP contribution in [0, 0.1) is 12.8 Å². The first kappa shape index (κ1) is 15.4. The fraction of sp³-hybridized carbons (Fsp3) is 0.316. The summed E-state index contributed by atoms with van der Waals surface area (Å²) in [4.78, 5) is 12.5. The van der Waals surface area contributed by atoms with Gasteiger partial charge < -0.3 is 14.3 Å². The average molecular weight is 310 g/mol. The van der Waals surface area contributed by atoms with Gasteiger partial charge in [-0.2, -0.15) is 0 Å². The maximum absolute atomic E-state index is 12.5. The van der Waals surface area contributed by atoms with Gasteiger partial charge in [-0.05, 0) is 18.4 Å². The molecule has 120 valence electrons. The van der Waals surface area contributed by atoms with Crippen LogP contribution >= 0.6 is 0 Å². The fourth-order valence-corrected chi connectivity index (χ4v) is 2.60. The molecule has 4 nitrogen and oxygen atoms in total. The van der Waals surface area contributed by atoms with Crippen LogP contribution in [0.3, 0.4) is 0 Å². The Labute approximate surface area is 136 Å². The minimum Gasteiger partial charge on any atom is -0.463 e. The second-order valence-electron chi connectivity index (χ2n) is 6.38. The molecule has 0 fully saturated rings. The van der Waals surface area contributed by atoms with Gasteiger partial charge in [0.25, 0.3) is 5.91 Å². The lowest BCUT2D eigenvalue weighted by Crippen LogP contribution is -2.29. The molecule has 1 amide bonds. The molecule has 2 aromatic heterocycles. The number of aryl methyl sites for hydroxylation is 1. The number of carbonyl (C=O) groups excluding carboxylic acids is 1. The third kappa shape index (κ3) is 3.31. The molecule has 3 rings (SSSR count). The molecule has 23 heavy (non-hydrogen) atoms. The first-order valence-electron chi connectivity index (χ1n) is 7.95. The van der Waals surface area contributed by atoms with E-state index in [0.717, 1.165) is 16.7 Å². The second kappa shape index (κ2) is 6.32. The molecule has 0 atom stereocenters. The van der Waals surface area contributed by atoms with Gasteiger partial charge in [-0.25, -0.2) is 0 Å². The van der Waals surface area contributed by atoms with Gasteiger partial charge >= 0.3 is 0 Å². The van der Waals surface area contributed by atoms with Crippen LogP contribution in [-0.2, 0) is 6.54 Å². The molecule has 1 aromatic carbocycles. The Morgan fingerprint density at radius 2 is 1.96 bits per heavy atom. The van der Waals surface area contributed by atoms with Crippen LogP contribution in [-0.4, -0.2) is 17.0 Å². The zero-order valence-electron chi connectivity index (χ0n) is 13.8. The first-order chi connectivity index (χ1) is 11.0. The average Bonchev–Trinajstić information content (AvgIpc) is 3.09. The summed E-state index contributed by atoms with van der Waals surface area (Å²) in [6.45, 7) is 7.54. The van der Waals surface area contributed by atoms with Gasteiger partial charge in [0.15, 0.2) is 5.58 Å². The highest BCUT2D eigenvalue weighted by molar-refractivity contribution is 5.97. The number of nitrogens with zero attached hydrogens (tertiary/aromatic N) is 1. The summed E-state index contributed by atoms with van der Waals surface area (Å²) >= 11 is 0. The lowest BCUT2D eigenvalue weighted by molar-refractivity contribution is 0.0940. The maximum atomic E-state index is 12.5. The van der Waals surface area contributed by atoms with Crippen molar-refractivity contribution in [1.29, 1.82) is 0 Å². The van der Waals surface area contributed by atoms with E-state index in [1.807, 2.05) is 16.7 Å². The Hall–Kier alpha value is -2.49. The number of furan rings is 1. The van der Waals surface area contributed by atoms with Gasteiger partial charge in [-0.1, -0.05) is 43.7 Å². The third-order valence-corrected chi connectivity index (χ3v) is 3.89. The Balaban J connectivity index is 1.93. The molecule has 0 saturated heterocycles. The number of aromatic nitrogens is 1.